The number of nitrogens with zero attached hydrogens (tertiary/aromatic N) is 3. The zero-order valence-electron chi connectivity index (χ0n) is 24.7. The summed E-state index contributed by atoms with van der Waals surface area (Å²) in [6, 6.07) is 13.1. The van der Waals surface area contributed by atoms with Gasteiger partial charge in [0, 0.05) is 55.9 Å². The van der Waals surface area contributed by atoms with E-state index in [-0.39, 0.29) is 17.4 Å². The van der Waals surface area contributed by atoms with Crippen molar-refractivity contribution in [1.82, 2.24) is 14.6 Å². The van der Waals surface area contributed by atoms with Gasteiger partial charge in [0.05, 0.1) is 12.0 Å². The van der Waals surface area contributed by atoms with Crippen LogP contribution in [0.4, 0.5) is 5.69 Å². The van der Waals surface area contributed by atoms with Crippen LogP contribution in [0, 0.1) is 19.3 Å². The first kappa shape index (κ1) is 28.7. The molecule has 2 fully saturated rings. The Morgan fingerprint density at radius 2 is 1.69 bits per heavy atom. The number of anilines is 1. The van der Waals surface area contributed by atoms with E-state index in [0.29, 0.717) is 33.8 Å². The number of ether oxygens (including phenoxy) is 1. The fraction of sp³-hybridized carbons (Fsp3) is 0.455. The number of fused-ring (bicyclic) bond motifs is 1. The molecule has 1 amide bonds. The van der Waals surface area contributed by atoms with E-state index < -0.39 is 10.0 Å². The Morgan fingerprint density at radius 1 is 1.00 bits per heavy atom. The number of methoxy groups -OCH3 is 1. The average Bonchev–Trinajstić information content (AvgIpc) is 3.40. The van der Waals surface area contributed by atoms with Crippen molar-refractivity contribution in [3.8, 4) is 5.75 Å². The first-order chi connectivity index (χ1) is 20.2. The number of pyridine rings is 1. The maximum Gasteiger partial charge on any atom is 0.253 e. The molecule has 222 valence electrons. The van der Waals surface area contributed by atoms with E-state index in [2.05, 4.69) is 26.7 Å². The topological polar surface area (TPSA) is 91.8 Å². The molecule has 1 aliphatic carbocycles. The van der Waals surface area contributed by atoms with Gasteiger partial charge in [0.15, 0.2) is 0 Å². The van der Waals surface area contributed by atoms with Crippen LogP contribution in [0.5, 0.6) is 5.75 Å². The summed E-state index contributed by atoms with van der Waals surface area (Å²) in [7, 11) is -2.21. The van der Waals surface area contributed by atoms with E-state index in [1.54, 1.807) is 33.1 Å². The molecule has 6 rings (SSSR count). The van der Waals surface area contributed by atoms with Gasteiger partial charge in [0.1, 0.15) is 5.75 Å². The Kier molecular flexibility index (Phi) is 7.74. The number of sulfonamides is 1. The van der Waals surface area contributed by atoms with Crippen molar-refractivity contribution in [2.75, 3.05) is 38.2 Å². The summed E-state index contributed by atoms with van der Waals surface area (Å²) >= 11 is 0. The number of carbonyl (C=O) groups excluding carboxylic acids is 1. The lowest BCUT2D eigenvalue weighted by Crippen LogP contribution is -2.42. The van der Waals surface area contributed by atoms with Gasteiger partial charge in [-0.2, -0.15) is 0 Å². The molecule has 0 saturated carbocycles. The van der Waals surface area contributed by atoms with Crippen LogP contribution in [0.15, 0.2) is 59.8 Å². The van der Waals surface area contributed by atoms with E-state index >= 15 is 0 Å². The van der Waals surface area contributed by atoms with Crippen LogP contribution in [0.1, 0.15) is 70.8 Å². The van der Waals surface area contributed by atoms with Crippen LogP contribution in [0.3, 0.4) is 0 Å². The minimum Gasteiger partial charge on any atom is -0.497 e. The second-order valence-electron chi connectivity index (χ2n) is 12.2. The van der Waals surface area contributed by atoms with Gasteiger partial charge < -0.3 is 14.5 Å². The number of carbonyl (C=O) groups is 1. The quantitative estimate of drug-likeness (QED) is 0.426. The van der Waals surface area contributed by atoms with Gasteiger partial charge >= 0.3 is 0 Å². The molecule has 2 aliphatic heterocycles. The summed E-state index contributed by atoms with van der Waals surface area (Å²) in [5, 5.41) is 0. The number of likely N-dealkylation sites (tertiary alicyclic amines) is 1. The van der Waals surface area contributed by atoms with E-state index in [4.69, 9.17) is 4.74 Å². The molecule has 3 heterocycles. The smallest absolute Gasteiger partial charge is 0.253 e. The molecule has 2 saturated heterocycles. The first-order valence-corrected chi connectivity index (χ1v) is 16.4. The molecule has 0 bridgehead atoms. The molecular formula is C33H40N4O4S. The SMILES string of the molecule is COc1cc(C)c(S(=O)(=O)N[C@H]2CCCc3ccc(C(=O)N4CCC5(CCN(c6ccncc6)CC5)C4)cc32)c(C)c1. The summed E-state index contributed by atoms with van der Waals surface area (Å²) in [5.74, 6) is 0.679. The number of hydrogen-bond acceptors (Lipinski definition) is 6. The van der Waals surface area contributed by atoms with Crippen molar-refractivity contribution < 1.29 is 17.9 Å². The fourth-order valence-electron chi connectivity index (χ4n) is 7.25. The van der Waals surface area contributed by atoms with Crippen molar-refractivity contribution >= 4 is 21.6 Å². The van der Waals surface area contributed by atoms with Gasteiger partial charge in [-0.25, -0.2) is 13.1 Å². The van der Waals surface area contributed by atoms with Crippen LogP contribution in [0.25, 0.3) is 0 Å². The van der Waals surface area contributed by atoms with Crippen LogP contribution >= 0.6 is 0 Å². The standard InChI is InChI=1S/C33H40N4O4S/c1-23-19-28(41-3)20-24(2)31(23)42(39,40)35-30-6-4-5-25-7-8-26(21-29(25)30)32(38)37-18-13-33(22-37)11-16-36(17-12-33)27-9-14-34-15-10-27/h7-10,14-15,19-21,30,35H,4-6,11-13,16-18,22H2,1-3H3/t30-/m0/s1. The maximum absolute atomic E-state index is 13.8. The third kappa shape index (κ3) is 5.52. The largest absolute Gasteiger partial charge is 0.497 e. The predicted molar refractivity (Wildman–Crippen MR) is 164 cm³/mol. The molecule has 3 aromatic rings. The molecule has 1 aromatic heterocycles. The molecule has 3 aliphatic rings. The van der Waals surface area contributed by atoms with Gasteiger partial charge in [-0.1, -0.05) is 6.07 Å². The number of nitrogens with one attached hydrogen (secondary N) is 1. The summed E-state index contributed by atoms with van der Waals surface area (Å²) in [6.45, 7) is 7.10. The maximum atomic E-state index is 13.8. The Labute approximate surface area is 249 Å². The molecule has 0 unspecified atom stereocenters. The van der Waals surface area contributed by atoms with E-state index in [9.17, 15) is 13.2 Å². The van der Waals surface area contributed by atoms with Gasteiger partial charge in [-0.15, -0.1) is 0 Å². The minimum absolute atomic E-state index is 0.0419. The van der Waals surface area contributed by atoms with Gasteiger partial charge in [0.25, 0.3) is 5.91 Å². The van der Waals surface area contributed by atoms with Crippen LogP contribution in [-0.4, -0.2) is 57.5 Å². The zero-order chi connectivity index (χ0) is 29.5. The Hall–Kier alpha value is -3.43. The zero-order valence-corrected chi connectivity index (χ0v) is 25.5. The van der Waals surface area contributed by atoms with Gasteiger partial charge in [-0.3, -0.25) is 9.78 Å². The number of benzene rings is 2. The van der Waals surface area contributed by atoms with Crippen LogP contribution in [0.2, 0.25) is 0 Å². The highest BCUT2D eigenvalue weighted by atomic mass is 32.2. The van der Waals surface area contributed by atoms with Crippen LogP contribution < -0.4 is 14.4 Å². The highest BCUT2D eigenvalue weighted by Gasteiger charge is 2.42. The lowest BCUT2D eigenvalue weighted by Gasteiger charge is -2.40. The van der Waals surface area contributed by atoms with Crippen LogP contribution in [-0.2, 0) is 16.4 Å². The predicted octanol–water partition coefficient (Wildman–Crippen LogP) is 5.20. The molecule has 2 aromatic carbocycles. The fourth-order valence-corrected chi connectivity index (χ4v) is 8.95. The third-order valence-electron chi connectivity index (χ3n) is 9.52. The molecule has 1 atom stereocenters. The van der Waals surface area contributed by atoms with E-state index in [1.165, 1.54) is 5.69 Å². The molecule has 8 nitrogen and oxygen atoms in total. The molecule has 1 spiro atoms. The highest BCUT2D eigenvalue weighted by Crippen LogP contribution is 2.42. The summed E-state index contributed by atoms with van der Waals surface area (Å²) in [5.41, 5.74) is 5.33. The average molecular weight is 589 g/mol. The van der Waals surface area contributed by atoms with Gasteiger partial charge in [-0.05, 0) is 116 Å². The van der Waals surface area contributed by atoms with Crippen molar-refractivity contribution in [3.63, 3.8) is 0 Å². The second kappa shape index (κ2) is 11.3. The molecule has 9 heteroatoms. The van der Waals surface area contributed by atoms with Crippen molar-refractivity contribution in [1.29, 1.82) is 0 Å². The monoisotopic (exact) mass is 588 g/mol. The normalized spacial score (nSPS) is 20.0. The third-order valence-corrected chi connectivity index (χ3v) is 11.3. The molecule has 1 N–H and O–H groups in total. The minimum atomic E-state index is -3.79. The number of piperidine rings is 1. The van der Waals surface area contributed by atoms with Crippen molar-refractivity contribution in [3.05, 3.63) is 82.7 Å². The van der Waals surface area contributed by atoms with Gasteiger partial charge in [0.2, 0.25) is 10.0 Å². The lowest BCUT2D eigenvalue weighted by molar-refractivity contribution is 0.0764. The Balaban J connectivity index is 1.17. The number of aryl methyl sites for hydroxylation is 3. The van der Waals surface area contributed by atoms with Crippen molar-refractivity contribution in [2.24, 2.45) is 5.41 Å². The highest BCUT2D eigenvalue weighted by molar-refractivity contribution is 7.89. The number of amides is 1. The summed E-state index contributed by atoms with van der Waals surface area (Å²) in [4.78, 5) is 22.6. The van der Waals surface area contributed by atoms with E-state index in [1.807, 2.05) is 35.5 Å². The Bertz CT molecular complexity index is 1560. The number of rotatable bonds is 6. The number of hydrogen-bond donors (Lipinski definition) is 1. The van der Waals surface area contributed by atoms with Crippen molar-refractivity contribution in [2.45, 2.75) is 63.3 Å². The summed E-state index contributed by atoms with van der Waals surface area (Å²) in [6.07, 6.45) is 9.29. The Morgan fingerprint density at radius 3 is 2.38 bits per heavy atom. The first-order valence-electron chi connectivity index (χ1n) is 14.9. The second-order valence-corrected chi connectivity index (χ2v) is 13.9. The molecule has 42 heavy (non-hydrogen) atoms. The van der Waals surface area contributed by atoms with E-state index in [0.717, 1.165) is 69.4 Å². The summed E-state index contributed by atoms with van der Waals surface area (Å²) < 4.78 is 35.6. The number of aromatic nitrogens is 1. The lowest BCUT2D eigenvalue weighted by atomic mass is 9.77. The molecule has 0 radical (unpaired) electrons. The molecular weight excluding hydrogens is 548 g/mol.